The highest BCUT2D eigenvalue weighted by molar-refractivity contribution is 5.96. The van der Waals surface area contributed by atoms with Gasteiger partial charge in [0.15, 0.2) is 0 Å². The second-order valence-electron chi connectivity index (χ2n) is 5.09. The fourth-order valence-corrected chi connectivity index (χ4v) is 2.29. The monoisotopic (exact) mass is 263 g/mol. The van der Waals surface area contributed by atoms with Crippen molar-refractivity contribution in [3.8, 4) is 0 Å². The van der Waals surface area contributed by atoms with E-state index in [1.165, 1.54) is 0 Å². The Morgan fingerprint density at radius 3 is 2.79 bits per heavy atom. The van der Waals surface area contributed by atoms with Gasteiger partial charge in [-0.15, -0.1) is 0 Å². The first kappa shape index (κ1) is 13.7. The number of anilines is 2. The Morgan fingerprint density at radius 2 is 2.21 bits per heavy atom. The van der Waals surface area contributed by atoms with Crippen LogP contribution in [0.2, 0.25) is 0 Å². The van der Waals surface area contributed by atoms with Crippen LogP contribution >= 0.6 is 0 Å². The summed E-state index contributed by atoms with van der Waals surface area (Å²) in [5.41, 5.74) is 8.17. The molecule has 0 spiro atoms. The predicted molar refractivity (Wildman–Crippen MR) is 76.5 cm³/mol. The van der Waals surface area contributed by atoms with Crippen LogP contribution in [-0.4, -0.2) is 50.7 Å². The van der Waals surface area contributed by atoms with Gasteiger partial charge in [0.05, 0.1) is 30.6 Å². The first-order chi connectivity index (χ1) is 9.00. The third-order valence-electron chi connectivity index (χ3n) is 3.38. The minimum absolute atomic E-state index is 0.0211. The zero-order valence-corrected chi connectivity index (χ0v) is 11.7. The van der Waals surface area contributed by atoms with Crippen molar-refractivity contribution in [1.82, 2.24) is 4.90 Å². The maximum Gasteiger partial charge on any atom is 0.254 e. The molecule has 1 atom stereocenters. The van der Waals surface area contributed by atoms with Crippen LogP contribution in [0.4, 0.5) is 11.4 Å². The van der Waals surface area contributed by atoms with E-state index < -0.39 is 0 Å². The van der Waals surface area contributed by atoms with Gasteiger partial charge in [-0.2, -0.15) is 0 Å². The molecular weight excluding hydrogens is 242 g/mol. The molecular formula is C14H21N3O2. The second-order valence-corrected chi connectivity index (χ2v) is 5.09. The molecule has 104 valence electrons. The lowest BCUT2D eigenvalue weighted by Crippen LogP contribution is -2.47. The SMILES string of the molecule is C[C@@H]1COCCN1C(=O)c1ccc(N(C)C)c(N)c1. The van der Waals surface area contributed by atoms with Crippen molar-refractivity contribution in [2.24, 2.45) is 0 Å². The van der Waals surface area contributed by atoms with Crippen LogP contribution in [-0.2, 0) is 4.74 Å². The van der Waals surface area contributed by atoms with Crippen LogP contribution in [0.25, 0.3) is 0 Å². The van der Waals surface area contributed by atoms with Crippen molar-refractivity contribution in [3.63, 3.8) is 0 Å². The highest BCUT2D eigenvalue weighted by Gasteiger charge is 2.25. The van der Waals surface area contributed by atoms with E-state index in [-0.39, 0.29) is 11.9 Å². The van der Waals surface area contributed by atoms with Crippen molar-refractivity contribution in [3.05, 3.63) is 23.8 Å². The number of nitrogens with two attached hydrogens (primary N) is 1. The maximum absolute atomic E-state index is 12.4. The fraction of sp³-hybridized carbons (Fsp3) is 0.500. The van der Waals surface area contributed by atoms with Gasteiger partial charge < -0.3 is 20.3 Å². The van der Waals surface area contributed by atoms with E-state index >= 15 is 0 Å². The van der Waals surface area contributed by atoms with Gasteiger partial charge in [-0.05, 0) is 25.1 Å². The number of benzene rings is 1. The van der Waals surface area contributed by atoms with Crippen LogP contribution < -0.4 is 10.6 Å². The Morgan fingerprint density at radius 1 is 1.47 bits per heavy atom. The van der Waals surface area contributed by atoms with Crippen molar-refractivity contribution >= 4 is 17.3 Å². The molecule has 0 aromatic heterocycles. The third kappa shape index (κ3) is 2.81. The van der Waals surface area contributed by atoms with Crippen molar-refractivity contribution in [2.45, 2.75) is 13.0 Å². The van der Waals surface area contributed by atoms with E-state index in [1.807, 2.05) is 43.0 Å². The van der Waals surface area contributed by atoms with Gasteiger partial charge in [-0.3, -0.25) is 4.79 Å². The molecule has 5 nitrogen and oxygen atoms in total. The van der Waals surface area contributed by atoms with Crippen LogP contribution in [0.15, 0.2) is 18.2 Å². The van der Waals surface area contributed by atoms with Gasteiger partial charge in [0, 0.05) is 26.2 Å². The minimum atomic E-state index is 0.0211. The molecule has 0 aliphatic carbocycles. The Balaban J connectivity index is 2.22. The molecule has 1 heterocycles. The van der Waals surface area contributed by atoms with Crippen LogP contribution in [0.1, 0.15) is 17.3 Å². The van der Waals surface area contributed by atoms with Gasteiger partial charge in [0.25, 0.3) is 5.91 Å². The molecule has 0 bridgehead atoms. The van der Waals surface area contributed by atoms with E-state index in [2.05, 4.69) is 0 Å². The number of nitrogens with zero attached hydrogens (tertiary/aromatic N) is 2. The quantitative estimate of drug-likeness (QED) is 0.814. The number of ether oxygens (including phenoxy) is 1. The molecule has 1 aliphatic heterocycles. The number of hydrogen-bond acceptors (Lipinski definition) is 4. The van der Waals surface area contributed by atoms with Crippen molar-refractivity contribution in [2.75, 3.05) is 44.5 Å². The highest BCUT2D eigenvalue weighted by Crippen LogP contribution is 2.23. The normalized spacial score (nSPS) is 19.3. The summed E-state index contributed by atoms with van der Waals surface area (Å²) in [7, 11) is 3.86. The van der Waals surface area contributed by atoms with Gasteiger partial charge in [-0.25, -0.2) is 0 Å². The largest absolute Gasteiger partial charge is 0.397 e. The molecule has 2 rings (SSSR count). The van der Waals surface area contributed by atoms with Crippen LogP contribution in [0.5, 0.6) is 0 Å². The van der Waals surface area contributed by atoms with Gasteiger partial charge in [0.1, 0.15) is 0 Å². The molecule has 1 amide bonds. The van der Waals surface area contributed by atoms with Crippen LogP contribution in [0.3, 0.4) is 0 Å². The average Bonchev–Trinajstić information content (AvgIpc) is 2.38. The molecule has 1 aromatic rings. The standard InChI is InChI=1S/C14H21N3O2/c1-10-9-19-7-6-17(10)14(18)11-4-5-13(16(2)3)12(15)8-11/h4-5,8,10H,6-7,9,15H2,1-3H3/t10-/m1/s1. The minimum Gasteiger partial charge on any atom is -0.397 e. The Hall–Kier alpha value is -1.75. The van der Waals surface area contributed by atoms with Crippen LogP contribution in [0, 0.1) is 0 Å². The van der Waals surface area contributed by atoms with E-state index in [0.29, 0.717) is 31.0 Å². The number of carbonyl (C=O) groups is 1. The average molecular weight is 263 g/mol. The predicted octanol–water partition coefficient (Wildman–Crippen LogP) is 1.20. The molecule has 19 heavy (non-hydrogen) atoms. The molecule has 0 unspecified atom stereocenters. The zero-order valence-electron chi connectivity index (χ0n) is 11.7. The first-order valence-electron chi connectivity index (χ1n) is 6.46. The van der Waals surface area contributed by atoms with E-state index in [4.69, 9.17) is 10.5 Å². The van der Waals surface area contributed by atoms with E-state index in [1.54, 1.807) is 6.07 Å². The number of nitrogen functional groups attached to an aromatic ring is 1. The summed E-state index contributed by atoms with van der Waals surface area (Å²) in [6.07, 6.45) is 0. The summed E-state index contributed by atoms with van der Waals surface area (Å²) >= 11 is 0. The van der Waals surface area contributed by atoms with Gasteiger partial charge in [-0.1, -0.05) is 0 Å². The molecule has 2 N–H and O–H groups in total. The topological polar surface area (TPSA) is 58.8 Å². The van der Waals surface area contributed by atoms with Gasteiger partial charge >= 0.3 is 0 Å². The molecule has 0 saturated carbocycles. The Bertz CT molecular complexity index is 474. The van der Waals surface area contributed by atoms with Crippen molar-refractivity contribution in [1.29, 1.82) is 0 Å². The lowest BCUT2D eigenvalue weighted by atomic mass is 10.1. The van der Waals surface area contributed by atoms with Gasteiger partial charge in [0.2, 0.25) is 0 Å². The number of amides is 1. The summed E-state index contributed by atoms with van der Waals surface area (Å²) in [5, 5.41) is 0. The summed E-state index contributed by atoms with van der Waals surface area (Å²) in [5.74, 6) is 0.0211. The first-order valence-corrected chi connectivity index (χ1v) is 6.46. The fourth-order valence-electron chi connectivity index (χ4n) is 2.29. The number of carbonyl (C=O) groups excluding carboxylic acids is 1. The zero-order chi connectivity index (χ0) is 14.0. The molecule has 0 radical (unpaired) electrons. The van der Waals surface area contributed by atoms with E-state index in [9.17, 15) is 4.79 Å². The summed E-state index contributed by atoms with van der Waals surface area (Å²) < 4.78 is 5.35. The maximum atomic E-state index is 12.4. The Labute approximate surface area is 113 Å². The molecule has 1 fully saturated rings. The molecule has 1 saturated heterocycles. The second kappa shape index (κ2) is 5.48. The summed E-state index contributed by atoms with van der Waals surface area (Å²) in [4.78, 5) is 16.2. The highest BCUT2D eigenvalue weighted by atomic mass is 16.5. The summed E-state index contributed by atoms with van der Waals surface area (Å²) in [6, 6.07) is 5.57. The third-order valence-corrected chi connectivity index (χ3v) is 3.38. The number of hydrogen-bond donors (Lipinski definition) is 1. The Kier molecular flexibility index (Phi) is 3.95. The number of morpholine rings is 1. The lowest BCUT2D eigenvalue weighted by molar-refractivity contribution is 0.00360. The molecule has 1 aliphatic rings. The van der Waals surface area contributed by atoms with Crippen molar-refractivity contribution < 1.29 is 9.53 Å². The molecule has 5 heteroatoms. The lowest BCUT2D eigenvalue weighted by Gasteiger charge is -2.33. The smallest absolute Gasteiger partial charge is 0.254 e. The molecule has 1 aromatic carbocycles. The summed E-state index contributed by atoms with van der Waals surface area (Å²) in [6.45, 7) is 3.82. The number of rotatable bonds is 2. The van der Waals surface area contributed by atoms with E-state index in [0.717, 1.165) is 5.69 Å².